The van der Waals surface area contributed by atoms with Crippen LogP contribution in [0.1, 0.15) is 20.3 Å². The van der Waals surface area contributed by atoms with E-state index in [0.29, 0.717) is 0 Å². The highest BCUT2D eigenvalue weighted by atomic mass is 35.5. The minimum atomic E-state index is -1.01. The summed E-state index contributed by atoms with van der Waals surface area (Å²) in [6.45, 7) is 3.06. The van der Waals surface area contributed by atoms with Crippen LogP contribution in [0.3, 0.4) is 0 Å². The molecule has 0 fully saturated rings. The largest absolute Gasteiger partial charge is 0.449 e. The van der Waals surface area contributed by atoms with E-state index in [1.165, 1.54) is 13.8 Å². The van der Waals surface area contributed by atoms with Crippen molar-refractivity contribution in [2.75, 3.05) is 6.07 Å². The van der Waals surface area contributed by atoms with Crippen molar-refractivity contribution in [2.45, 2.75) is 25.9 Å². The number of rotatable bonds is 3. The molecule has 0 aliphatic heterocycles. The normalized spacial score (nSPS) is 11.2. The maximum Gasteiger partial charge on any atom is 0.309 e. The zero-order chi connectivity index (χ0) is 8.20. The van der Waals surface area contributed by atoms with Gasteiger partial charge in [-0.3, -0.25) is 4.79 Å². The lowest BCUT2D eigenvalue weighted by Crippen LogP contribution is -2.24. The number of esters is 1. The topological polar surface area (TPSA) is 46.5 Å². The Morgan fingerprint density at radius 3 is 2.50 bits per heavy atom. The van der Waals surface area contributed by atoms with E-state index in [9.17, 15) is 4.79 Å². The van der Waals surface area contributed by atoms with Crippen molar-refractivity contribution in [3.05, 3.63) is 0 Å². The first-order valence-electron chi connectivity index (χ1n) is 2.89. The van der Waals surface area contributed by atoms with Crippen molar-refractivity contribution in [1.29, 1.82) is 0 Å². The summed E-state index contributed by atoms with van der Waals surface area (Å²) in [4.78, 5) is 10.6. The summed E-state index contributed by atoms with van der Waals surface area (Å²) in [5.74, 6) is -0.484. The molecule has 0 heterocycles. The molecule has 0 rings (SSSR count). The molecular formula is C6H11ClO3. The van der Waals surface area contributed by atoms with E-state index in [0.717, 1.165) is 0 Å². The molecule has 3 nitrogen and oxygen atoms in total. The number of carbonyl (C=O) groups excluding carboxylic acids is 1. The van der Waals surface area contributed by atoms with Crippen LogP contribution in [0, 0.1) is 0 Å². The molecule has 4 heteroatoms. The van der Waals surface area contributed by atoms with Crippen molar-refractivity contribution in [3.8, 4) is 0 Å². The highest BCUT2D eigenvalue weighted by Crippen LogP contribution is 2.07. The smallest absolute Gasteiger partial charge is 0.309 e. The highest BCUT2D eigenvalue weighted by Gasteiger charge is 2.18. The third kappa shape index (κ3) is 5.85. The van der Waals surface area contributed by atoms with Crippen molar-refractivity contribution < 1.29 is 14.6 Å². The molecule has 0 bridgehead atoms. The number of ether oxygens (including phenoxy) is 1. The van der Waals surface area contributed by atoms with Gasteiger partial charge in [-0.25, -0.2) is 0 Å². The number of hydrogen-bond donors (Lipinski definition) is 1. The predicted molar refractivity (Wildman–Crippen MR) is 37.7 cm³/mol. The molecule has 0 aliphatic rings. The van der Waals surface area contributed by atoms with Gasteiger partial charge in [-0.05, 0) is 13.8 Å². The molecule has 0 radical (unpaired) electrons. The molecular weight excluding hydrogens is 156 g/mol. The van der Waals surface area contributed by atoms with Crippen LogP contribution in [0.5, 0.6) is 0 Å². The fraction of sp³-hybridized carbons (Fsp3) is 0.833. The van der Waals surface area contributed by atoms with Crippen LogP contribution >= 0.6 is 11.6 Å². The van der Waals surface area contributed by atoms with E-state index in [2.05, 4.69) is 4.74 Å². The molecule has 10 heavy (non-hydrogen) atoms. The second-order valence-corrected chi connectivity index (χ2v) is 2.83. The lowest BCUT2D eigenvalue weighted by atomic mass is 10.1. The molecule has 0 saturated carbocycles. The number of halogens is 1. The maximum absolute atomic E-state index is 10.6. The second-order valence-electron chi connectivity index (χ2n) is 2.61. The predicted octanol–water partition coefficient (Wildman–Crippen LogP) is 0.887. The molecule has 0 unspecified atom stereocenters. The molecule has 0 amide bonds. The monoisotopic (exact) mass is 166 g/mol. The Hall–Kier alpha value is -0.280. The lowest BCUT2D eigenvalue weighted by molar-refractivity contribution is -0.145. The van der Waals surface area contributed by atoms with E-state index < -0.39 is 11.6 Å². The van der Waals surface area contributed by atoms with Gasteiger partial charge in [0.2, 0.25) is 0 Å². The Bertz CT molecular complexity index is 117. The van der Waals surface area contributed by atoms with Gasteiger partial charge < -0.3 is 9.84 Å². The maximum atomic E-state index is 10.6. The fourth-order valence-electron chi connectivity index (χ4n) is 0.465. The van der Waals surface area contributed by atoms with Gasteiger partial charge in [0, 0.05) is 0 Å². The van der Waals surface area contributed by atoms with Crippen molar-refractivity contribution in [1.82, 2.24) is 0 Å². The minimum Gasteiger partial charge on any atom is -0.449 e. The van der Waals surface area contributed by atoms with Crippen LogP contribution in [0.25, 0.3) is 0 Å². The number of hydrogen-bond acceptors (Lipinski definition) is 3. The average Bonchev–Trinajstić information content (AvgIpc) is 1.59. The van der Waals surface area contributed by atoms with Gasteiger partial charge in [0.1, 0.15) is 0 Å². The first kappa shape index (κ1) is 9.72. The number of aliphatic hydroxyl groups is 1. The number of carbonyl (C=O) groups is 1. The van der Waals surface area contributed by atoms with Crippen molar-refractivity contribution in [2.24, 2.45) is 0 Å². The van der Waals surface area contributed by atoms with Crippen molar-refractivity contribution in [3.63, 3.8) is 0 Å². The summed E-state index contributed by atoms with van der Waals surface area (Å²) < 4.78 is 4.38. The van der Waals surface area contributed by atoms with Gasteiger partial charge in [-0.1, -0.05) is 11.6 Å². The molecule has 0 aliphatic carbocycles. The van der Waals surface area contributed by atoms with Crippen LogP contribution in [-0.2, 0) is 9.53 Å². The van der Waals surface area contributed by atoms with E-state index in [4.69, 9.17) is 16.7 Å². The van der Waals surface area contributed by atoms with Crippen LogP contribution in [0.2, 0.25) is 0 Å². The Labute approximate surface area is 64.9 Å². The van der Waals surface area contributed by atoms with Gasteiger partial charge in [-0.2, -0.15) is 0 Å². The third-order valence-corrected chi connectivity index (χ3v) is 0.902. The molecule has 0 saturated heterocycles. The standard InChI is InChI=1S/C6H11ClO3/c1-6(2,9)3-5(8)10-4-7/h9H,3-4H2,1-2H3. The minimum absolute atomic E-state index is 0.0281. The molecule has 0 spiro atoms. The molecule has 0 aromatic heterocycles. The molecule has 1 N–H and O–H groups in total. The second kappa shape index (κ2) is 3.78. The van der Waals surface area contributed by atoms with E-state index >= 15 is 0 Å². The fourth-order valence-corrected chi connectivity index (χ4v) is 0.587. The Balaban J connectivity index is 3.58. The van der Waals surface area contributed by atoms with Gasteiger partial charge in [-0.15, -0.1) is 0 Å². The molecule has 0 aromatic carbocycles. The average molecular weight is 167 g/mol. The Morgan fingerprint density at radius 2 is 2.20 bits per heavy atom. The van der Waals surface area contributed by atoms with E-state index in [1.54, 1.807) is 0 Å². The summed E-state index contributed by atoms with van der Waals surface area (Å²) in [5, 5.41) is 9.07. The zero-order valence-electron chi connectivity index (χ0n) is 6.06. The summed E-state index contributed by atoms with van der Waals surface area (Å²) >= 11 is 5.10. The van der Waals surface area contributed by atoms with Crippen LogP contribution in [0.15, 0.2) is 0 Å². The van der Waals surface area contributed by atoms with Crippen LogP contribution in [0.4, 0.5) is 0 Å². The van der Waals surface area contributed by atoms with E-state index in [1.807, 2.05) is 0 Å². The van der Waals surface area contributed by atoms with Gasteiger partial charge in [0.25, 0.3) is 0 Å². The van der Waals surface area contributed by atoms with Gasteiger partial charge >= 0.3 is 5.97 Å². The molecule has 60 valence electrons. The summed E-state index contributed by atoms with van der Waals surface area (Å²) in [6, 6.07) is -0.158. The first-order chi connectivity index (χ1) is 4.45. The molecule has 0 aromatic rings. The third-order valence-electron chi connectivity index (χ3n) is 0.792. The quantitative estimate of drug-likeness (QED) is 0.500. The van der Waals surface area contributed by atoms with E-state index in [-0.39, 0.29) is 12.5 Å². The van der Waals surface area contributed by atoms with Gasteiger partial charge in [0.15, 0.2) is 6.07 Å². The van der Waals surface area contributed by atoms with Crippen LogP contribution in [-0.4, -0.2) is 22.7 Å². The SMILES string of the molecule is CC(C)(O)CC(=O)OCCl. The summed E-state index contributed by atoms with van der Waals surface area (Å²) in [5.41, 5.74) is -1.01. The van der Waals surface area contributed by atoms with Crippen LogP contribution < -0.4 is 0 Å². The molecule has 0 atom stereocenters. The van der Waals surface area contributed by atoms with Crippen molar-refractivity contribution >= 4 is 17.6 Å². The summed E-state index contributed by atoms with van der Waals surface area (Å²) in [6.07, 6.45) is -0.0281. The highest BCUT2D eigenvalue weighted by molar-refractivity contribution is 6.17. The van der Waals surface area contributed by atoms with Gasteiger partial charge in [0.05, 0.1) is 12.0 Å². The lowest BCUT2D eigenvalue weighted by Gasteiger charge is -2.14. The Morgan fingerprint density at radius 1 is 1.70 bits per heavy atom. The first-order valence-corrected chi connectivity index (χ1v) is 3.43. The Kier molecular flexibility index (Phi) is 3.68. The zero-order valence-corrected chi connectivity index (χ0v) is 6.81. The number of alkyl halides is 1. The summed E-state index contributed by atoms with van der Waals surface area (Å²) in [7, 11) is 0.